The molecule has 1 atom stereocenters. The second-order valence-electron chi connectivity index (χ2n) is 8.42. The van der Waals surface area contributed by atoms with Crippen LogP contribution in [0.2, 0.25) is 5.02 Å². The molecule has 3 aromatic rings. The standard InChI is InChI=1S/C27H26ClN3O2S/c1-17-12-18(2)14-21(13-17)29-27-31(16-20-8-5-4-6-9-20)26(33)24(34-27)15-25(32)30-23-11-7-10-22(28)19(23)3/h4-14,24H,15-16H2,1-3H3,(H,30,32). The van der Waals surface area contributed by atoms with Crippen LogP contribution in [0.1, 0.15) is 28.7 Å². The van der Waals surface area contributed by atoms with Crippen molar-refractivity contribution in [1.82, 2.24) is 4.90 Å². The molecule has 4 rings (SSSR count). The van der Waals surface area contributed by atoms with Crippen LogP contribution in [0.5, 0.6) is 0 Å². The molecule has 3 aromatic carbocycles. The molecule has 0 spiro atoms. The lowest BCUT2D eigenvalue weighted by molar-refractivity contribution is -0.128. The number of rotatable bonds is 6. The summed E-state index contributed by atoms with van der Waals surface area (Å²) in [4.78, 5) is 32.7. The van der Waals surface area contributed by atoms with Crippen LogP contribution in [0.3, 0.4) is 0 Å². The summed E-state index contributed by atoms with van der Waals surface area (Å²) in [6.45, 7) is 6.30. The Morgan fingerprint density at radius 1 is 1.03 bits per heavy atom. The van der Waals surface area contributed by atoms with E-state index < -0.39 is 5.25 Å². The molecule has 1 N–H and O–H groups in total. The van der Waals surface area contributed by atoms with Gasteiger partial charge >= 0.3 is 0 Å². The van der Waals surface area contributed by atoms with Crippen LogP contribution in [0.4, 0.5) is 11.4 Å². The molecule has 1 saturated heterocycles. The van der Waals surface area contributed by atoms with Crippen molar-refractivity contribution in [3.05, 3.63) is 94.0 Å². The molecule has 174 valence electrons. The van der Waals surface area contributed by atoms with Gasteiger partial charge in [0.25, 0.3) is 0 Å². The largest absolute Gasteiger partial charge is 0.326 e. The molecule has 1 aliphatic heterocycles. The molecule has 2 amide bonds. The van der Waals surface area contributed by atoms with Crippen molar-refractivity contribution in [1.29, 1.82) is 0 Å². The molecule has 0 saturated carbocycles. The Balaban J connectivity index is 1.57. The lowest BCUT2D eigenvalue weighted by Crippen LogP contribution is -2.33. The maximum absolute atomic E-state index is 13.4. The van der Waals surface area contributed by atoms with Crippen molar-refractivity contribution in [2.75, 3.05) is 5.32 Å². The Morgan fingerprint density at radius 2 is 1.74 bits per heavy atom. The number of amides is 2. The molecule has 0 aromatic heterocycles. The van der Waals surface area contributed by atoms with Crippen molar-refractivity contribution in [3.8, 4) is 0 Å². The summed E-state index contributed by atoms with van der Waals surface area (Å²) in [7, 11) is 0. The number of carbonyl (C=O) groups is 2. The van der Waals surface area contributed by atoms with Gasteiger partial charge in [0.05, 0.1) is 12.2 Å². The maximum atomic E-state index is 13.4. The summed E-state index contributed by atoms with van der Waals surface area (Å²) in [6.07, 6.45) is 0.0482. The fourth-order valence-electron chi connectivity index (χ4n) is 3.87. The van der Waals surface area contributed by atoms with Gasteiger partial charge in [-0.3, -0.25) is 14.5 Å². The van der Waals surface area contributed by atoms with Crippen LogP contribution in [-0.2, 0) is 16.1 Å². The van der Waals surface area contributed by atoms with E-state index in [1.54, 1.807) is 23.1 Å². The summed E-state index contributed by atoms with van der Waals surface area (Å²) in [6, 6.07) is 21.2. The van der Waals surface area contributed by atoms with Crippen molar-refractivity contribution >= 4 is 51.7 Å². The zero-order chi connectivity index (χ0) is 24.2. The average Bonchev–Trinajstić information content (AvgIpc) is 3.05. The number of hydrogen-bond donors (Lipinski definition) is 1. The highest BCUT2D eigenvalue weighted by Gasteiger charge is 2.39. The number of benzene rings is 3. The van der Waals surface area contributed by atoms with E-state index in [4.69, 9.17) is 16.6 Å². The molecule has 5 nitrogen and oxygen atoms in total. The Kier molecular flexibility index (Phi) is 7.39. The molecule has 1 fully saturated rings. The number of nitrogens with one attached hydrogen (secondary N) is 1. The summed E-state index contributed by atoms with van der Waals surface area (Å²) < 4.78 is 0. The van der Waals surface area contributed by atoms with Gasteiger partial charge in [-0.15, -0.1) is 0 Å². The molecule has 0 radical (unpaired) electrons. The summed E-state index contributed by atoms with van der Waals surface area (Å²) >= 11 is 7.51. The second-order valence-corrected chi connectivity index (χ2v) is 10.00. The predicted molar refractivity (Wildman–Crippen MR) is 141 cm³/mol. The zero-order valence-corrected chi connectivity index (χ0v) is 20.9. The minimum atomic E-state index is -0.548. The van der Waals surface area contributed by atoms with Gasteiger partial charge in [0, 0.05) is 17.1 Å². The minimum Gasteiger partial charge on any atom is -0.326 e. The third kappa shape index (κ3) is 5.69. The van der Waals surface area contributed by atoms with Crippen molar-refractivity contribution < 1.29 is 9.59 Å². The van der Waals surface area contributed by atoms with E-state index in [2.05, 4.69) is 11.4 Å². The first kappa shape index (κ1) is 24.0. The number of amidine groups is 1. The highest BCUT2D eigenvalue weighted by Crippen LogP contribution is 2.34. The zero-order valence-electron chi connectivity index (χ0n) is 19.3. The van der Waals surface area contributed by atoms with E-state index >= 15 is 0 Å². The van der Waals surface area contributed by atoms with E-state index in [0.717, 1.165) is 27.9 Å². The Hall–Kier alpha value is -3.09. The van der Waals surface area contributed by atoms with Crippen LogP contribution < -0.4 is 5.32 Å². The monoisotopic (exact) mass is 491 g/mol. The number of aliphatic imine (C=N–C) groups is 1. The molecule has 1 heterocycles. The maximum Gasteiger partial charge on any atom is 0.242 e. The quantitative estimate of drug-likeness (QED) is 0.432. The number of carbonyl (C=O) groups excluding carboxylic acids is 2. The molecular formula is C27H26ClN3O2S. The van der Waals surface area contributed by atoms with Crippen LogP contribution >= 0.6 is 23.4 Å². The molecule has 7 heteroatoms. The van der Waals surface area contributed by atoms with Gasteiger partial charge in [0.15, 0.2) is 5.17 Å². The summed E-state index contributed by atoms with van der Waals surface area (Å²) in [5, 5.41) is 3.54. The van der Waals surface area contributed by atoms with Crippen LogP contribution in [0.25, 0.3) is 0 Å². The van der Waals surface area contributed by atoms with E-state index in [1.165, 1.54) is 11.8 Å². The Bertz CT molecular complexity index is 1240. The Morgan fingerprint density at radius 3 is 2.44 bits per heavy atom. The van der Waals surface area contributed by atoms with Crippen molar-refractivity contribution in [2.45, 2.75) is 39.0 Å². The van der Waals surface area contributed by atoms with Gasteiger partial charge < -0.3 is 5.32 Å². The highest BCUT2D eigenvalue weighted by molar-refractivity contribution is 8.15. The fraction of sp³-hybridized carbons (Fsp3) is 0.222. The average molecular weight is 492 g/mol. The lowest BCUT2D eigenvalue weighted by atomic mass is 10.1. The van der Waals surface area contributed by atoms with Crippen molar-refractivity contribution in [2.24, 2.45) is 4.99 Å². The lowest BCUT2D eigenvalue weighted by Gasteiger charge is -2.17. The smallest absolute Gasteiger partial charge is 0.242 e. The predicted octanol–water partition coefficient (Wildman–Crippen LogP) is 6.43. The van der Waals surface area contributed by atoms with Gasteiger partial charge in [0.2, 0.25) is 11.8 Å². The number of aryl methyl sites for hydroxylation is 2. The van der Waals surface area contributed by atoms with Gasteiger partial charge in [-0.1, -0.05) is 65.8 Å². The van der Waals surface area contributed by atoms with Gasteiger partial charge in [-0.05, 0) is 67.3 Å². The number of thioether (sulfide) groups is 1. The molecule has 0 aliphatic carbocycles. The number of anilines is 1. The third-order valence-corrected chi connectivity index (χ3v) is 7.13. The van der Waals surface area contributed by atoms with E-state index in [0.29, 0.717) is 22.4 Å². The van der Waals surface area contributed by atoms with Crippen LogP contribution in [0, 0.1) is 20.8 Å². The van der Waals surface area contributed by atoms with Gasteiger partial charge in [-0.25, -0.2) is 4.99 Å². The number of nitrogens with zero attached hydrogens (tertiary/aromatic N) is 2. The topological polar surface area (TPSA) is 61.8 Å². The molecular weight excluding hydrogens is 466 g/mol. The normalized spacial score (nSPS) is 16.8. The number of hydrogen-bond acceptors (Lipinski definition) is 4. The second kappa shape index (κ2) is 10.5. The molecule has 1 unspecified atom stereocenters. The van der Waals surface area contributed by atoms with E-state index in [1.807, 2.05) is 63.2 Å². The van der Waals surface area contributed by atoms with Crippen LogP contribution in [0.15, 0.2) is 71.7 Å². The summed E-state index contributed by atoms with van der Waals surface area (Å²) in [5.74, 6) is -0.349. The minimum absolute atomic E-state index is 0.0482. The van der Waals surface area contributed by atoms with Crippen LogP contribution in [-0.4, -0.2) is 27.1 Å². The molecule has 34 heavy (non-hydrogen) atoms. The van der Waals surface area contributed by atoms with E-state index in [-0.39, 0.29) is 18.2 Å². The third-order valence-electron chi connectivity index (χ3n) is 5.55. The SMILES string of the molecule is Cc1cc(C)cc(N=C2SC(CC(=O)Nc3cccc(Cl)c3C)C(=O)N2Cc2ccccc2)c1. The highest BCUT2D eigenvalue weighted by atomic mass is 35.5. The van der Waals surface area contributed by atoms with Crippen molar-refractivity contribution in [3.63, 3.8) is 0 Å². The van der Waals surface area contributed by atoms with E-state index in [9.17, 15) is 9.59 Å². The molecule has 0 bridgehead atoms. The van der Waals surface area contributed by atoms with Gasteiger partial charge in [-0.2, -0.15) is 0 Å². The Labute approximate surface area is 209 Å². The first-order chi connectivity index (χ1) is 16.3. The summed E-state index contributed by atoms with van der Waals surface area (Å²) in [5.41, 5.74) is 5.46. The van der Waals surface area contributed by atoms with Gasteiger partial charge in [0.1, 0.15) is 5.25 Å². The number of halogens is 1. The first-order valence-electron chi connectivity index (χ1n) is 11.0. The molecule has 1 aliphatic rings. The first-order valence-corrected chi connectivity index (χ1v) is 12.3. The fourth-order valence-corrected chi connectivity index (χ4v) is 5.21.